The number of aryl methyl sites for hydroxylation is 2. The lowest BCUT2D eigenvalue weighted by Crippen LogP contribution is -2.18. The summed E-state index contributed by atoms with van der Waals surface area (Å²) < 4.78 is 1.59. The van der Waals surface area contributed by atoms with E-state index >= 15 is 0 Å². The molecular formula is C13H23N3O. The van der Waals surface area contributed by atoms with Gasteiger partial charge in [0.15, 0.2) is 0 Å². The lowest BCUT2D eigenvalue weighted by atomic mass is 10.0. The zero-order valence-electron chi connectivity index (χ0n) is 10.9. The summed E-state index contributed by atoms with van der Waals surface area (Å²) in [4.78, 5) is 10.8. The average Bonchev–Trinajstić information content (AvgIpc) is 2.73. The minimum atomic E-state index is -0.415. The molecule has 0 radical (unpaired) electrons. The molecule has 0 bridgehead atoms. The molecule has 1 aliphatic carbocycles. The Labute approximate surface area is 103 Å². The van der Waals surface area contributed by atoms with E-state index < -0.39 is 5.91 Å². The van der Waals surface area contributed by atoms with E-state index in [1.54, 1.807) is 10.9 Å². The number of carbonyl (C=O) groups excluding carboxylic acids is 1. The van der Waals surface area contributed by atoms with Gasteiger partial charge in [0.25, 0.3) is 5.91 Å². The van der Waals surface area contributed by atoms with Gasteiger partial charge in [0.1, 0.15) is 5.69 Å². The number of nitrogens with zero attached hydrogens (tertiary/aromatic N) is 2. The Hall–Kier alpha value is -1.32. The van der Waals surface area contributed by atoms with Gasteiger partial charge in [-0.05, 0) is 19.4 Å². The van der Waals surface area contributed by atoms with Crippen LogP contribution in [-0.2, 0) is 6.54 Å². The predicted molar refractivity (Wildman–Crippen MR) is 68.9 cm³/mol. The van der Waals surface area contributed by atoms with E-state index in [0.29, 0.717) is 12.2 Å². The molecule has 1 amide bonds. The minimum absolute atomic E-state index is 0.415. The summed E-state index contributed by atoms with van der Waals surface area (Å²) in [5.41, 5.74) is 6.48. The molecule has 96 valence electrons. The average molecular weight is 237 g/mol. The summed E-state index contributed by atoms with van der Waals surface area (Å²) in [7, 11) is 0. The quantitative estimate of drug-likeness (QED) is 0.859. The Bertz CT molecular complexity index is 342. The van der Waals surface area contributed by atoms with Gasteiger partial charge in [-0.25, -0.2) is 0 Å². The maximum atomic E-state index is 10.8. The normalized spacial score (nSPS) is 14.9. The Morgan fingerprint density at radius 1 is 1.29 bits per heavy atom. The molecule has 4 nitrogen and oxygen atoms in total. The Morgan fingerprint density at radius 2 is 1.76 bits per heavy atom. The second kappa shape index (κ2) is 7.09. The van der Waals surface area contributed by atoms with Crippen LogP contribution in [0.15, 0.2) is 6.20 Å². The molecule has 1 fully saturated rings. The van der Waals surface area contributed by atoms with E-state index in [9.17, 15) is 4.79 Å². The van der Waals surface area contributed by atoms with Gasteiger partial charge < -0.3 is 5.73 Å². The van der Waals surface area contributed by atoms with Crippen molar-refractivity contribution >= 4 is 5.91 Å². The molecule has 2 N–H and O–H groups in total. The first-order valence-electron chi connectivity index (χ1n) is 6.49. The Balaban J connectivity index is 0.000000202. The van der Waals surface area contributed by atoms with Crippen molar-refractivity contribution in [3.05, 3.63) is 17.5 Å². The Kier molecular flexibility index (Phi) is 5.73. The van der Waals surface area contributed by atoms with Gasteiger partial charge in [0, 0.05) is 6.54 Å². The fourth-order valence-electron chi connectivity index (χ4n) is 2.10. The number of rotatable bonds is 2. The third kappa shape index (κ3) is 4.21. The molecule has 0 aromatic carbocycles. The molecule has 1 aromatic heterocycles. The molecule has 2 rings (SSSR count). The number of aromatic nitrogens is 2. The van der Waals surface area contributed by atoms with Crippen molar-refractivity contribution in [1.29, 1.82) is 0 Å². The molecule has 1 heterocycles. The lowest BCUT2D eigenvalue weighted by Gasteiger charge is -2.05. The van der Waals surface area contributed by atoms with Crippen LogP contribution in [-0.4, -0.2) is 15.7 Å². The SMILES string of the molecule is C1CCCCC1.CCn1ncc(C)c1C(N)=O. The maximum absolute atomic E-state index is 10.8. The van der Waals surface area contributed by atoms with Crippen LogP contribution in [0, 0.1) is 6.92 Å². The van der Waals surface area contributed by atoms with E-state index in [4.69, 9.17) is 5.73 Å². The highest BCUT2D eigenvalue weighted by Gasteiger charge is 2.10. The summed E-state index contributed by atoms with van der Waals surface area (Å²) in [5, 5.41) is 3.97. The molecule has 0 saturated heterocycles. The fraction of sp³-hybridized carbons (Fsp3) is 0.692. The first-order chi connectivity index (χ1) is 8.16. The molecule has 1 aliphatic rings. The number of carbonyl (C=O) groups is 1. The first kappa shape index (κ1) is 13.7. The molecule has 0 atom stereocenters. The van der Waals surface area contributed by atoms with Crippen molar-refractivity contribution in [2.45, 2.75) is 58.9 Å². The fourth-order valence-corrected chi connectivity index (χ4v) is 2.10. The summed E-state index contributed by atoms with van der Waals surface area (Å²) in [6.45, 7) is 4.41. The van der Waals surface area contributed by atoms with Gasteiger partial charge in [-0.3, -0.25) is 9.48 Å². The van der Waals surface area contributed by atoms with Gasteiger partial charge in [-0.15, -0.1) is 0 Å². The van der Waals surface area contributed by atoms with Gasteiger partial charge in [-0.2, -0.15) is 5.10 Å². The monoisotopic (exact) mass is 237 g/mol. The summed E-state index contributed by atoms with van der Waals surface area (Å²) in [5.74, 6) is -0.415. The molecule has 0 aliphatic heterocycles. The topological polar surface area (TPSA) is 60.9 Å². The zero-order valence-corrected chi connectivity index (χ0v) is 10.9. The smallest absolute Gasteiger partial charge is 0.267 e. The minimum Gasteiger partial charge on any atom is -0.364 e. The van der Waals surface area contributed by atoms with Crippen molar-refractivity contribution in [2.24, 2.45) is 5.73 Å². The third-order valence-electron chi connectivity index (χ3n) is 3.06. The molecular weight excluding hydrogens is 214 g/mol. The highest BCUT2D eigenvalue weighted by atomic mass is 16.1. The molecule has 0 spiro atoms. The van der Waals surface area contributed by atoms with Gasteiger partial charge in [0.05, 0.1) is 6.20 Å². The van der Waals surface area contributed by atoms with Gasteiger partial charge in [-0.1, -0.05) is 38.5 Å². The molecule has 4 heteroatoms. The third-order valence-corrected chi connectivity index (χ3v) is 3.06. The molecule has 1 saturated carbocycles. The van der Waals surface area contributed by atoms with Crippen LogP contribution in [0.1, 0.15) is 61.5 Å². The number of hydrogen-bond donors (Lipinski definition) is 1. The van der Waals surface area contributed by atoms with Crippen molar-refractivity contribution in [3.8, 4) is 0 Å². The number of amides is 1. The summed E-state index contributed by atoms with van der Waals surface area (Å²) in [6, 6.07) is 0. The van der Waals surface area contributed by atoms with E-state index in [1.165, 1.54) is 38.5 Å². The second-order valence-electron chi connectivity index (χ2n) is 4.48. The predicted octanol–water partition coefficient (Wildman–Crippen LogP) is 2.65. The van der Waals surface area contributed by atoms with Crippen molar-refractivity contribution < 1.29 is 4.79 Å². The standard InChI is InChI=1S/C7H11N3O.C6H12/c1-3-10-6(7(8)11)5(2)4-9-10;1-2-4-6-5-3-1/h4H,3H2,1-2H3,(H2,8,11);1-6H2. The van der Waals surface area contributed by atoms with Crippen LogP contribution in [0.3, 0.4) is 0 Å². The highest BCUT2D eigenvalue weighted by Crippen LogP contribution is 2.15. The van der Waals surface area contributed by atoms with Crippen LogP contribution < -0.4 is 5.73 Å². The lowest BCUT2D eigenvalue weighted by molar-refractivity contribution is 0.0989. The molecule has 17 heavy (non-hydrogen) atoms. The maximum Gasteiger partial charge on any atom is 0.267 e. The summed E-state index contributed by atoms with van der Waals surface area (Å²) in [6.07, 6.45) is 10.6. The summed E-state index contributed by atoms with van der Waals surface area (Å²) >= 11 is 0. The van der Waals surface area contributed by atoms with Gasteiger partial charge >= 0.3 is 0 Å². The second-order valence-corrected chi connectivity index (χ2v) is 4.48. The highest BCUT2D eigenvalue weighted by molar-refractivity contribution is 5.92. The van der Waals surface area contributed by atoms with E-state index in [-0.39, 0.29) is 0 Å². The van der Waals surface area contributed by atoms with E-state index in [1.807, 2.05) is 13.8 Å². The number of primary amides is 1. The van der Waals surface area contributed by atoms with Crippen LogP contribution in [0.5, 0.6) is 0 Å². The van der Waals surface area contributed by atoms with Crippen LogP contribution in [0.4, 0.5) is 0 Å². The zero-order chi connectivity index (χ0) is 12.7. The number of nitrogens with two attached hydrogens (primary N) is 1. The van der Waals surface area contributed by atoms with Gasteiger partial charge in [0.2, 0.25) is 0 Å². The van der Waals surface area contributed by atoms with Crippen LogP contribution in [0.2, 0.25) is 0 Å². The van der Waals surface area contributed by atoms with Crippen LogP contribution >= 0.6 is 0 Å². The van der Waals surface area contributed by atoms with E-state index in [2.05, 4.69) is 5.10 Å². The van der Waals surface area contributed by atoms with Crippen molar-refractivity contribution in [1.82, 2.24) is 9.78 Å². The molecule has 1 aromatic rings. The number of hydrogen-bond acceptors (Lipinski definition) is 2. The largest absolute Gasteiger partial charge is 0.364 e. The van der Waals surface area contributed by atoms with E-state index in [0.717, 1.165) is 5.56 Å². The van der Waals surface area contributed by atoms with Crippen molar-refractivity contribution in [3.63, 3.8) is 0 Å². The van der Waals surface area contributed by atoms with Crippen LogP contribution in [0.25, 0.3) is 0 Å². The first-order valence-corrected chi connectivity index (χ1v) is 6.49. The molecule has 0 unspecified atom stereocenters. The Morgan fingerprint density at radius 3 is 2.06 bits per heavy atom. The van der Waals surface area contributed by atoms with Crippen molar-refractivity contribution in [2.75, 3.05) is 0 Å².